The maximum absolute atomic E-state index is 12.9. The molecule has 3 aromatic rings. The number of carbonyl (C=O) groups is 1. The second kappa shape index (κ2) is 5.45. The number of pyridine rings is 1. The first-order valence-electron chi connectivity index (χ1n) is 7.69. The summed E-state index contributed by atoms with van der Waals surface area (Å²) in [6, 6.07) is 3.80. The van der Waals surface area contributed by atoms with Gasteiger partial charge in [-0.25, -0.2) is 0 Å². The highest BCUT2D eigenvalue weighted by atomic mass is 16.2. The monoisotopic (exact) mass is 311 g/mol. The lowest BCUT2D eigenvalue weighted by Gasteiger charge is -2.24. The molecule has 0 saturated carbocycles. The first-order chi connectivity index (χ1) is 11.2. The molecule has 8 heteroatoms. The molecule has 118 valence electrons. The minimum Gasteiger partial charge on any atom is -0.334 e. The van der Waals surface area contributed by atoms with Crippen LogP contribution in [0.2, 0.25) is 0 Å². The van der Waals surface area contributed by atoms with Crippen LogP contribution in [-0.4, -0.2) is 53.0 Å². The number of likely N-dealkylation sites (tertiary alicyclic amines) is 1. The molecule has 0 aliphatic carbocycles. The zero-order valence-corrected chi connectivity index (χ0v) is 12.8. The highest BCUT2D eigenvalue weighted by Crippen LogP contribution is 2.21. The number of aryl methyl sites for hydroxylation is 1. The van der Waals surface area contributed by atoms with E-state index in [-0.39, 0.29) is 11.9 Å². The Balaban J connectivity index is 1.59. The van der Waals surface area contributed by atoms with Gasteiger partial charge in [0.05, 0.1) is 24.3 Å². The second-order valence-corrected chi connectivity index (χ2v) is 5.81. The van der Waals surface area contributed by atoms with E-state index in [0.717, 1.165) is 30.9 Å². The average molecular weight is 311 g/mol. The van der Waals surface area contributed by atoms with Crippen molar-refractivity contribution in [2.45, 2.75) is 32.4 Å². The molecule has 0 spiro atoms. The van der Waals surface area contributed by atoms with Crippen LogP contribution >= 0.6 is 0 Å². The summed E-state index contributed by atoms with van der Waals surface area (Å²) in [6.07, 6.45) is 7.30. The Bertz CT molecular complexity index is 839. The molecule has 4 rings (SSSR count). The van der Waals surface area contributed by atoms with E-state index in [2.05, 4.69) is 20.5 Å². The molecule has 0 N–H and O–H groups in total. The van der Waals surface area contributed by atoms with E-state index in [1.165, 1.54) is 0 Å². The third-order valence-electron chi connectivity index (χ3n) is 4.33. The largest absolute Gasteiger partial charge is 0.334 e. The van der Waals surface area contributed by atoms with Crippen molar-refractivity contribution < 1.29 is 4.79 Å². The van der Waals surface area contributed by atoms with Crippen molar-refractivity contribution in [3.63, 3.8) is 0 Å². The fourth-order valence-corrected chi connectivity index (χ4v) is 3.14. The molecule has 1 aliphatic rings. The fraction of sp³-hybridized carbons (Fsp3) is 0.400. The van der Waals surface area contributed by atoms with E-state index in [9.17, 15) is 4.79 Å². The van der Waals surface area contributed by atoms with E-state index in [1.807, 2.05) is 40.8 Å². The Morgan fingerprint density at radius 1 is 1.35 bits per heavy atom. The van der Waals surface area contributed by atoms with Gasteiger partial charge in [0.15, 0.2) is 5.65 Å². The quantitative estimate of drug-likeness (QED) is 0.719. The molecule has 1 amide bonds. The third kappa shape index (κ3) is 2.45. The van der Waals surface area contributed by atoms with Gasteiger partial charge < -0.3 is 4.90 Å². The summed E-state index contributed by atoms with van der Waals surface area (Å²) in [4.78, 5) is 14.8. The molecule has 23 heavy (non-hydrogen) atoms. The van der Waals surface area contributed by atoms with E-state index < -0.39 is 0 Å². The SMILES string of the molecule is Cc1nnc2ccc(C(=O)N3CCC[C@H]3Cn3ccnn3)cn12. The summed E-state index contributed by atoms with van der Waals surface area (Å²) in [5.41, 5.74) is 1.41. The molecule has 1 aliphatic heterocycles. The lowest BCUT2D eigenvalue weighted by atomic mass is 10.2. The third-order valence-corrected chi connectivity index (χ3v) is 4.33. The summed E-state index contributed by atoms with van der Waals surface area (Å²) in [6.45, 7) is 3.33. The van der Waals surface area contributed by atoms with Crippen LogP contribution < -0.4 is 0 Å². The molecule has 1 fully saturated rings. The summed E-state index contributed by atoms with van der Waals surface area (Å²) >= 11 is 0. The number of amides is 1. The van der Waals surface area contributed by atoms with Crippen molar-refractivity contribution in [1.82, 2.24) is 34.5 Å². The molecular weight excluding hydrogens is 294 g/mol. The lowest BCUT2D eigenvalue weighted by Crippen LogP contribution is -2.38. The number of carbonyl (C=O) groups excluding carboxylic acids is 1. The number of hydrogen-bond acceptors (Lipinski definition) is 5. The van der Waals surface area contributed by atoms with Gasteiger partial charge in [-0.15, -0.1) is 15.3 Å². The van der Waals surface area contributed by atoms with Crippen molar-refractivity contribution in [3.05, 3.63) is 42.1 Å². The van der Waals surface area contributed by atoms with E-state index >= 15 is 0 Å². The molecule has 0 unspecified atom stereocenters. The van der Waals surface area contributed by atoms with Crippen molar-refractivity contribution in [2.24, 2.45) is 0 Å². The molecule has 1 saturated heterocycles. The number of fused-ring (bicyclic) bond motifs is 1. The first-order valence-corrected chi connectivity index (χ1v) is 7.69. The lowest BCUT2D eigenvalue weighted by molar-refractivity contribution is 0.0720. The number of rotatable bonds is 3. The van der Waals surface area contributed by atoms with Crippen LogP contribution in [0, 0.1) is 6.92 Å². The van der Waals surface area contributed by atoms with Gasteiger partial charge in [0.25, 0.3) is 5.91 Å². The van der Waals surface area contributed by atoms with Gasteiger partial charge in [-0.3, -0.25) is 13.9 Å². The Morgan fingerprint density at radius 2 is 2.26 bits per heavy atom. The normalized spacial score (nSPS) is 18.0. The molecule has 0 bridgehead atoms. The van der Waals surface area contributed by atoms with Gasteiger partial charge >= 0.3 is 0 Å². The van der Waals surface area contributed by atoms with Crippen LogP contribution in [0.4, 0.5) is 0 Å². The van der Waals surface area contributed by atoms with Crippen molar-refractivity contribution in [1.29, 1.82) is 0 Å². The summed E-state index contributed by atoms with van der Waals surface area (Å²) < 4.78 is 3.62. The topological polar surface area (TPSA) is 81.2 Å². The standard InChI is InChI=1S/C15H17N7O/c1-11-17-18-14-5-4-12(9-22(11)14)15(23)21-7-2-3-13(21)10-20-8-6-16-19-20/h4-6,8-9,13H,2-3,7,10H2,1H3/t13-/m0/s1. The van der Waals surface area contributed by atoms with Crippen LogP contribution in [0.15, 0.2) is 30.7 Å². The zero-order chi connectivity index (χ0) is 15.8. The minimum atomic E-state index is 0.0441. The molecule has 0 radical (unpaired) electrons. The predicted molar refractivity (Wildman–Crippen MR) is 81.8 cm³/mol. The highest BCUT2D eigenvalue weighted by Gasteiger charge is 2.30. The smallest absolute Gasteiger partial charge is 0.255 e. The molecule has 4 heterocycles. The fourth-order valence-electron chi connectivity index (χ4n) is 3.14. The second-order valence-electron chi connectivity index (χ2n) is 5.81. The molecule has 3 aromatic heterocycles. The Kier molecular flexibility index (Phi) is 3.29. The van der Waals surface area contributed by atoms with Gasteiger partial charge in [0.2, 0.25) is 0 Å². The number of nitrogens with zero attached hydrogens (tertiary/aromatic N) is 7. The van der Waals surface area contributed by atoms with E-state index in [1.54, 1.807) is 10.9 Å². The first kappa shape index (κ1) is 13.9. The molecule has 0 aromatic carbocycles. The molecule has 8 nitrogen and oxygen atoms in total. The minimum absolute atomic E-state index is 0.0441. The van der Waals surface area contributed by atoms with E-state index in [0.29, 0.717) is 12.1 Å². The van der Waals surface area contributed by atoms with Crippen LogP contribution in [-0.2, 0) is 6.54 Å². The number of aromatic nitrogens is 6. The zero-order valence-electron chi connectivity index (χ0n) is 12.8. The van der Waals surface area contributed by atoms with E-state index in [4.69, 9.17) is 0 Å². The molecular formula is C15H17N7O. The van der Waals surface area contributed by atoms with Crippen molar-refractivity contribution in [3.8, 4) is 0 Å². The van der Waals surface area contributed by atoms with Crippen LogP contribution in [0.3, 0.4) is 0 Å². The van der Waals surface area contributed by atoms with Crippen LogP contribution in [0.25, 0.3) is 5.65 Å². The molecule has 1 atom stereocenters. The van der Waals surface area contributed by atoms with Gasteiger partial charge in [0, 0.05) is 18.9 Å². The maximum Gasteiger partial charge on any atom is 0.255 e. The van der Waals surface area contributed by atoms with Gasteiger partial charge in [0.1, 0.15) is 5.82 Å². The van der Waals surface area contributed by atoms with Crippen molar-refractivity contribution >= 4 is 11.6 Å². The average Bonchev–Trinajstić information content (AvgIpc) is 3.29. The highest BCUT2D eigenvalue weighted by molar-refractivity contribution is 5.94. The van der Waals surface area contributed by atoms with Gasteiger partial charge in [-0.05, 0) is 31.9 Å². The summed E-state index contributed by atoms with van der Waals surface area (Å²) in [7, 11) is 0. The van der Waals surface area contributed by atoms with Gasteiger partial charge in [-0.1, -0.05) is 5.21 Å². The Labute approximate surface area is 132 Å². The summed E-state index contributed by atoms with van der Waals surface area (Å²) in [5, 5.41) is 15.9. The predicted octanol–water partition coefficient (Wildman–Crippen LogP) is 0.934. The number of hydrogen-bond donors (Lipinski definition) is 0. The van der Waals surface area contributed by atoms with Gasteiger partial charge in [-0.2, -0.15) is 0 Å². The van der Waals surface area contributed by atoms with Crippen LogP contribution in [0.1, 0.15) is 29.0 Å². The maximum atomic E-state index is 12.9. The summed E-state index contributed by atoms with van der Waals surface area (Å²) in [5.74, 6) is 0.817. The van der Waals surface area contributed by atoms with Crippen molar-refractivity contribution in [2.75, 3.05) is 6.54 Å². The Hall–Kier alpha value is -2.77. The van der Waals surface area contributed by atoms with Crippen LogP contribution in [0.5, 0.6) is 0 Å². The Morgan fingerprint density at radius 3 is 3.09 bits per heavy atom.